The predicted molar refractivity (Wildman–Crippen MR) is 120 cm³/mol. The normalized spacial score (nSPS) is 15.0. The van der Waals surface area contributed by atoms with E-state index in [1.165, 1.54) is 0 Å². The lowest BCUT2D eigenvalue weighted by molar-refractivity contribution is 0.479. The van der Waals surface area contributed by atoms with Crippen LogP contribution < -0.4 is 21.8 Å². The van der Waals surface area contributed by atoms with Crippen LogP contribution in [0.5, 0.6) is 0 Å². The van der Waals surface area contributed by atoms with Crippen LogP contribution in [0.15, 0.2) is 51.8 Å². The molecule has 0 unspecified atom stereocenters. The Morgan fingerprint density at radius 2 is 2.00 bits per heavy atom. The second-order valence-corrected chi connectivity index (χ2v) is 7.82. The van der Waals surface area contributed by atoms with Crippen molar-refractivity contribution in [2.24, 2.45) is 0 Å². The number of halogens is 1. The van der Waals surface area contributed by atoms with Gasteiger partial charge in [0.1, 0.15) is 11.4 Å². The number of aromatic nitrogens is 2. The van der Waals surface area contributed by atoms with Gasteiger partial charge < -0.3 is 20.8 Å². The van der Waals surface area contributed by atoms with Crippen LogP contribution in [-0.4, -0.2) is 29.1 Å². The molecule has 0 aliphatic carbocycles. The zero-order valence-electron chi connectivity index (χ0n) is 16.1. The van der Waals surface area contributed by atoms with E-state index < -0.39 is 0 Å². The summed E-state index contributed by atoms with van der Waals surface area (Å²) >= 11 is 6.18. The predicted octanol–water partition coefficient (Wildman–Crippen LogP) is 3.80. The molecule has 4 aromatic rings. The Morgan fingerprint density at radius 3 is 2.77 bits per heavy atom. The molecule has 0 bridgehead atoms. The molecule has 1 fully saturated rings. The maximum absolute atomic E-state index is 12.9. The van der Waals surface area contributed by atoms with Crippen LogP contribution in [0.25, 0.3) is 33.3 Å². The van der Waals surface area contributed by atoms with Gasteiger partial charge in [0.25, 0.3) is 0 Å². The maximum Gasteiger partial charge on any atom is 0.220 e. The van der Waals surface area contributed by atoms with E-state index in [4.69, 9.17) is 21.8 Å². The smallest absolute Gasteiger partial charge is 0.220 e. The molecule has 4 N–H and O–H groups in total. The number of pyridine rings is 2. The van der Waals surface area contributed by atoms with E-state index in [1.807, 2.05) is 12.1 Å². The number of hydrogen-bond donors (Lipinski definition) is 3. The molecule has 7 nitrogen and oxygen atoms in total. The van der Waals surface area contributed by atoms with Gasteiger partial charge in [-0.05, 0) is 56.3 Å². The van der Waals surface area contributed by atoms with Crippen LogP contribution in [0, 0.1) is 0 Å². The van der Waals surface area contributed by atoms with Crippen LogP contribution in [0.1, 0.15) is 12.8 Å². The van der Waals surface area contributed by atoms with Crippen molar-refractivity contribution in [1.82, 2.24) is 15.3 Å². The van der Waals surface area contributed by atoms with E-state index >= 15 is 0 Å². The Kier molecular flexibility index (Phi) is 4.77. The lowest BCUT2D eigenvalue weighted by Crippen LogP contribution is -2.35. The van der Waals surface area contributed by atoms with Crippen molar-refractivity contribution in [3.8, 4) is 11.3 Å². The summed E-state index contributed by atoms with van der Waals surface area (Å²) in [6, 6.07) is 11.1. The quantitative estimate of drug-likeness (QED) is 0.432. The summed E-state index contributed by atoms with van der Waals surface area (Å²) in [6.45, 7) is 2.04. The number of nitrogens with two attached hydrogens (primary N) is 1. The van der Waals surface area contributed by atoms with Gasteiger partial charge >= 0.3 is 0 Å². The second-order valence-electron chi connectivity index (χ2n) is 7.41. The fraction of sp³-hybridized carbons (Fsp3) is 0.227. The number of nitrogens with zero attached hydrogens (tertiary/aromatic N) is 2. The number of nitrogen functional groups attached to an aromatic ring is 1. The zero-order valence-corrected chi connectivity index (χ0v) is 16.9. The van der Waals surface area contributed by atoms with Gasteiger partial charge in [-0.1, -0.05) is 17.7 Å². The first-order chi connectivity index (χ1) is 14.6. The molecular formula is C22H20ClN5O2. The molecule has 4 heterocycles. The highest BCUT2D eigenvalue weighted by Gasteiger charge is 2.16. The van der Waals surface area contributed by atoms with E-state index in [-0.39, 0.29) is 16.8 Å². The number of fused-ring (bicyclic) bond motifs is 2. The lowest BCUT2D eigenvalue weighted by atomic mass is 10.1. The standard InChI is InChI=1S/C22H20ClN5O2/c23-15-2-1-3-17-19(15)21(29)20-18(30-17)10-14(22(24)28-20)16-5-4-13(11-26-16)27-12-6-8-25-9-7-12/h1-5,10-12,25,27H,6-9H2,(H2,24,28). The molecule has 0 atom stereocenters. The van der Waals surface area contributed by atoms with Gasteiger partial charge in [0.15, 0.2) is 11.1 Å². The molecule has 5 rings (SSSR count). The van der Waals surface area contributed by atoms with Crippen molar-refractivity contribution in [3.05, 3.63) is 57.8 Å². The van der Waals surface area contributed by atoms with Crippen LogP contribution >= 0.6 is 11.6 Å². The van der Waals surface area contributed by atoms with E-state index in [9.17, 15) is 4.79 Å². The van der Waals surface area contributed by atoms with Gasteiger partial charge in [-0.2, -0.15) is 0 Å². The monoisotopic (exact) mass is 421 g/mol. The molecule has 0 amide bonds. The number of hydrogen-bond acceptors (Lipinski definition) is 7. The third-order valence-electron chi connectivity index (χ3n) is 5.40. The molecule has 1 aliphatic heterocycles. The maximum atomic E-state index is 12.9. The SMILES string of the molecule is Nc1nc2c(=O)c3c(Cl)cccc3oc2cc1-c1ccc(NC2CCNCC2)cn1. The van der Waals surface area contributed by atoms with E-state index in [1.54, 1.807) is 30.5 Å². The molecule has 1 aliphatic rings. The number of benzene rings is 1. The first kappa shape index (κ1) is 18.8. The molecule has 1 saturated heterocycles. The summed E-state index contributed by atoms with van der Waals surface area (Å²) in [5.41, 5.74) is 9.01. The molecule has 8 heteroatoms. The fourth-order valence-corrected chi connectivity index (χ4v) is 4.09. The third-order valence-corrected chi connectivity index (χ3v) is 5.72. The number of anilines is 2. The minimum atomic E-state index is -0.301. The van der Waals surface area contributed by atoms with Crippen molar-refractivity contribution < 1.29 is 4.42 Å². The highest BCUT2D eigenvalue weighted by atomic mass is 35.5. The van der Waals surface area contributed by atoms with Gasteiger partial charge in [0, 0.05) is 11.6 Å². The summed E-state index contributed by atoms with van der Waals surface area (Å²) in [7, 11) is 0. The Bertz CT molecular complexity index is 1300. The van der Waals surface area contributed by atoms with Gasteiger partial charge in [0.2, 0.25) is 5.43 Å². The Balaban J connectivity index is 1.53. The summed E-state index contributed by atoms with van der Waals surface area (Å²) in [4.78, 5) is 21.7. The average Bonchev–Trinajstić information content (AvgIpc) is 2.75. The van der Waals surface area contributed by atoms with Gasteiger partial charge in [-0.25, -0.2) is 4.98 Å². The second kappa shape index (κ2) is 7.59. The number of rotatable bonds is 3. The first-order valence-electron chi connectivity index (χ1n) is 9.85. The molecular weight excluding hydrogens is 402 g/mol. The fourth-order valence-electron chi connectivity index (χ4n) is 3.84. The highest BCUT2D eigenvalue weighted by Crippen LogP contribution is 2.30. The minimum absolute atomic E-state index is 0.154. The van der Waals surface area contributed by atoms with Crippen molar-refractivity contribution in [2.45, 2.75) is 18.9 Å². The molecule has 1 aromatic carbocycles. The van der Waals surface area contributed by atoms with Crippen LogP contribution in [0.3, 0.4) is 0 Å². The first-order valence-corrected chi connectivity index (χ1v) is 10.2. The van der Waals surface area contributed by atoms with Crippen molar-refractivity contribution in [2.75, 3.05) is 24.1 Å². The highest BCUT2D eigenvalue weighted by molar-refractivity contribution is 6.35. The average molecular weight is 422 g/mol. The summed E-state index contributed by atoms with van der Waals surface area (Å²) in [5, 5.41) is 7.50. The molecule has 0 spiro atoms. The molecule has 30 heavy (non-hydrogen) atoms. The molecule has 0 radical (unpaired) electrons. The number of piperidine rings is 1. The molecule has 3 aromatic heterocycles. The van der Waals surface area contributed by atoms with Crippen molar-refractivity contribution >= 4 is 45.2 Å². The van der Waals surface area contributed by atoms with Crippen molar-refractivity contribution in [1.29, 1.82) is 0 Å². The van der Waals surface area contributed by atoms with E-state index in [0.29, 0.717) is 38.9 Å². The van der Waals surface area contributed by atoms with Crippen molar-refractivity contribution in [3.63, 3.8) is 0 Å². The van der Waals surface area contributed by atoms with Gasteiger partial charge in [-0.15, -0.1) is 0 Å². The number of nitrogens with one attached hydrogen (secondary N) is 2. The minimum Gasteiger partial charge on any atom is -0.454 e. The molecule has 152 valence electrons. The Morgan fingerprint density at radius 1 is 1.17 bits per heavy atom. The topological polar surface area (TPSA) is 106 Å². The third kappa shape index (κ3) is 3.36. The molecule has 0 saturated carbocycles. The summed E-state index contributed by atoms with van der Waals surface area (Å²) < 4.78 is 5.90. The van der Waals surface area contributed by atoms with Crippen LogP contribution in [0.2, 0.25) is 5.02 Å². The Labute approximate surface area is 177 Å². The summed E-state index contributed by atoms with van der Waals surface area (Å²) in [6.07, 6.45) is 3.96. The summed E-state index contributed by atoms with van der Waals surface area (Å²) in [5.74, 6) is 0.216. The van der Waals surface area contributed by atoms with Crippen LogP contribution in [0.4, 0.5) is 11.5 Å². The lowest BCUT2D eigenvalue weighted by Gasteiger charge is -2.24. The van der Waals surface area contributed by atoms with Crippen LogP contribution in [-0.2, 0) is 0 Å². The Hall–Kier alpha value is -3.16. The van der Waals surface area contributed by atoms with Gasteiger partial charge in [0.05, 0.1) is 28.0 Å². The largest absolute Gasteiger partial charge is 0.454 e. The van der Waals surface area contributed by atoms with E-state index in [0.717, 1.165) is 31.6 Å². The van der Waals surface area contributed by atoms with Gasteiger partial charge in [-0.3, -0.25) is 9.78 Å². The van der Waals surface area contributed by atoms with E-state index in [2.05, 4.69) is 20.6 Å². The zero-order chi connectivity index (χ0) is 20.7.